The molecule has 0 spiro atoms. The van der Waals surface area contributed by atoms with Crippen LogP contribution in [0.1, 0.15) is 19.1 Å². The highest BCUT2D eigenvalue weighted by Crippen LogP contribution is 2.23. The van der Waals surface area contributed by atoms with Crippen LogP contribution in [0.4, 0.5) is 0 Å². The molecule has 2 aromatic rings. The second kappa shape index (κ2) is 4.66. The van der Waals surface area contributed by atoms with Crippen LogP contribution in [0.25, 0.3) is 15.3 Å². The fourth-order valence-corrected chi connectivity index (χ4v) is 2.05. The minimum absolute atomic E-state index is 0.297. The molecule has 3 heteroatoms. The second-order valence-electron chi connectivity index (χ2n) is 3.45. The predicted molar refractivity (Wildman–Crippen MR) is 69.7 cm³/mol. The van der Waals surface area contributed by atoms with Gasteiger partial charge in [0.15, 0.2) is 0 Å². The summed E-state index contributed by atoms with van der Waals surface area (Å²) in [6.07, 6.45) is 2.85. The van der Waals surface area contributed by atoms with E-state index in [2.05, 4.69) is 15.9 Å². The molecular weight excluding hydrogens is 268 g/mol. The molecule has 1 aromatic heterocycles. The highest BCUT2D eigenvalue weighted by atomic mass is 79.9. The van der Waals surface area contributed by atoms with E-state index in [4.69, 9.17) is 4.42 Å². The third-order valence-electron chi connectivity index (χ3n) is 2.29. The van der Waals surface area contributed by atoms with Crippen LogP contribution < -0.4 is 5.63 Å². The molecule has 2 nitrogen and oxygen atoms in total. The van der Waals surface area contributed by atoms with E-state index in [1.807, 2.05) is 37.3 Å². The van der Waals surface area contributed by atoms with Crippen LogP contribution in [-0.4, -0.2) is 0 Å². The van der Waals surface area contributed by atoms with Gasteiger partial charge in [-0.25, -0.2) is 4.79 Å². The van der Waals surface area contributed by atoms with Crippen LogP contribution >= 0.6 is 15.9 Å². The van der Waals surface area contributed by atoms with Crippen LogP contribution in [0.5, 0.6) is 0 Å². The average Bonchev–Trinajstić information content (AvgIpc) is 2.29. The Morgan fingerprint density at radius 3 is 2.94 bits per heavy atom. The van der Waals surface area contributed by atoms with Crippen molar-refractivity contribution in [2.75, 3.05) is 0 Å². The van der Waals surface area contributed by atoms with E-state index < -0.39 is 0 Å². The van der Waals surface area contributed by atoms with Gasteiger partial charge in [-0.2, -0.15) is 0 Å². The number of fused-ring (bicyclic) bond motifs is 1. The first-order chi connectivity index (χ1) is 7.72. The fraction of sp³-hybridized carbons (Fsp3) is 0.154. The van der Waals surface area contributed by atoms with Gasteiger partial charge in [-0.15, -0.1) is 0 Å². The van der Waals surface area contributed by atoms with Crippen molar-refractivity contribution in [1.29, 1.82) is 0 Å². The summed E-state index contributed by atoms with van der Waals surface area (Å²) >= 11 is 3.39. The molecule has 0 radical (unpaired) electrons. The number of rotatable bonds is 2. The third-order valence-corrected chi connectivity index (χ3v) is 3.00. The van der Waals surface area contributed by atoms with Crippen LogP contribution in [0.2, 0.25) is 0 Å². The molecule has 0 saturated carbocycles. The average molecular weight is 279 g/mol. The summed E-state index contributed by atoms with van der Waals surface area (Å²) in [6, 6.07) is 9.27. The van der Waals surface area contributed by atoms with Gasteiger partial charge in [0.1, 0.15) is 5.76 Å². The third kappa shape index (κ3) is 2.09. The van der Waals surface area contributed by atoms with Crippen molar-refractivity contribution in [3.63, 3.8) is 0 Å². The van der Waals surface area contributed by atoms with Crippen molar-refractivity contribution in [3.8, 4) is 0 Å². The molecular formula is C13H11BrO2. The molecule has 0 bridgehead atoms. The topological polar surface area (TPSA) is 30.2 Å². The Bertz CT molecular complexity index is 596. The highest BCUT2D eigenvalue weighted by molar-refractivity contribution is 9.15. The van der Waals surface area contributed by atoms with Crippen LogP contribution in [0.3, 0.4) is 0 Å². The molecule has 2 rings (SSSR count). The van der Waals surface area contributed by atoms with Crippen molar-refractivity contribution in [2.24, 2.45) is 0 Å². The summed E-state index contributed by atoms with van der Waals surface area (Å²) in [6.45, 7) is 2.03. The van der Waals surface area contributed by atoms with Crippen molar-refractivity contribution in [2.45, 2.75) is 13.3 Å². The van der Waals surface area contributed by atoms with Gasteiger partial charge in [-0.1, -0.05) is 31.2 Å². The lowest BCUT2D eigenvalue weighted by Crippen LogP contribution is -2.00. The molecule has 0 saturated heterocycles. The van der Waals surface area contributed by atoms with Crippen molar-refractivity contribution in [1.82, 2.24) is 0 Å². The molecule has 1 heterocycles. The van der Waals surface area contributed by atoms with E-state index in [1.165, 1.54) is 0 Å². The van der Waals surface area contributed by atoms with E-state index in [9.17, 15) is 4.79 Å². The number of hydrogen-bond acceptors (Lipinski definition) is 2. The first kappa shape index (κ1) is 11.1. The number of hydrogen-bond donors (Lipinski definition) is 0. The zero-order valence-corrected chi connectivity index (χ0v) is 10.5. The maximum Gasteiger partial charge on any atom is 0.344 e. The van der Waals surface area contributed by atoms with Gasteiger partial charge in [0.25, 0.3) is 0 Å². The lowest BCUT2D eigenvalue weighted by Gasteiger charge is -2.00. The number of benzene rings is 1. The van der Waals surface area contributed by atoms with Crippen LogP contribution in [0.15, 0.2) is 45.6 Å². The Labute approximate surface area is 102 Å². The van der Waals surface area contributed by atoms with Gasteiger partial charge >= 0.3 is 5.63 Å². The SMILES string of the molecule is CC/C=C(\Br)c1cc2ccccc2c(=O)o1. The monoisotopic (exact) mass is 278 g/mol. The highest BCUT2D eigenvalue weighted by Gasteiger charge is 2.05. The zero-order valence-electron chi connectivity index (χ0n) is 8.87. The van der Waals surface area contributed by atoms with Gasteiger partial charge in [0.05, 0.1) is 9.87 Å². The molecule has 0 unspecified atom stereocenters. The van der Waals surface area contributed by atoms with E-state index >= 15 is 0 Å². The summed E-state index contributed by atoms with van der Waals surface area (Å²) in [5, 5.41) is 1.51. The molecule has 16 heavy (non-hydrogen) atoms. The molecule has 0 atom stereocenters. The molecule has 0 aliphatic rings. The van der Waals surface area contributed by atoms with Gasteiger partial charge in [-0.05, 0) is 39.9 Å². The summed E-state index contributed by atoms with van der Waals surface area (Å²) < 4.78 is 6.05. The molecule has 0 N–H and O–H groups in total. The molecule has 0 fully saturated rings. The smallest absolute Gasteiger partial charge is 0.344 e. The Morgan fingerprint density at radius 2 is 2.19 bits per heavy atom. The van der Waals surface area contributed by atoms with Crippen molar-refractivity contribution < 1.29 is 4.42 Å². The summed E-state index contributed by atoms with van der Waals surface area (Å²) in [7, 11) is 0. The summed E-state index contributed by atoms with van der Waals surface area (Å²) in [5.74, 6) is 0.575. The maximum absolute atomic E-state index is 11.7. The number of allylic oxidation sites excluding steroid dienone is 1. The van der Waals surface area contributed by atoms with Gasteiger partial charge in [0.2, 0.25) is 0 Å². The first-order valence-electron chi connectivity index (χ1n) is 5.11. The quantitative estimate of drug-likeness (QED) is 0.833. The zero-order chi connectivity index (χ0) is 11.5. The van der Waals surface area contributed by atoms with Crippen LogP contribution in [0, 0.1) is 0 Å². The minimum atomic E-state index is -0.297. The lowest BCUT2D eigenvalue weighted by molar-refractivity contribution is 0.509. The Balaban J connectivity index is 2.67. The van der Waals surface area contributed by atoms with E-state index in [-0.39, 0.29) is 5.63 Å². The second-order valence-corrected chi connectivity index (χ2v) is 4.30. The maximum atomic E-state index is 11.7. The van der Waals surface area contributed by atoms with E-state index in [0.717, 1.165) is 16.3 Å². The Kier molecular flexibility index (Phi) is 3.25. The van der Waals surface area contributed by atoms with Crippen molar-refractivity contribution >= 4 is 31.2 Å². The number of halogens is 1. The molecule has 0 aliphatic heterocycles. The standard InChI is InChI=1S/C13H11BrO2/c1-2-5-11(14)12-8-9-6-3-4-7-10(9)13(15)16-12/h3-8H,2H2,1H3/b11-5-. The molecule has 0 amide bonds. The van der Waals surface area contributed by atoms with Crippen molar-refractivity contribution in [3.05, 3.63) is 52.6 Å². The minimum Gasteiger partial charge on any atom is -0.422 e. The fourth-order valence-electron chi connectivity index (χ4n) is 1.53. The van der Waals surface area contributed by atoms with E-state index in [1.54, 1.807) is 6.07 Å². The Hall–Kier alpha value is -1.35. The first-order valence-corrected chi connectivity index (χ1v) is 5.90. The summed E-state index contributed by atoms with van der Waals surface area (Å²) in [5.41, 5.74) is -0.297. The lowest BCUT2D eigenvalue weighted by atomic mass is 10.1. The van der Waals surface area contributed by atoms with Gasteiger partial charge in [0, 0.05) is 0 Å². The van der Waals surface area contributed by atoms with Crippen LogP contribution in [-0.2, 0) is 0 Å². The largest absolute Gasteiger partial charge is 0.422 e. The van der Waals surface area contributed by atoms with Gasteiger partial charge in [-0.3, -0.25) is 0 Å². The molecule has 0 aliphatic carbocycles. The van der Waals surface area contributed by atoms with Gasteiger partial charge < -0.3 is 4.42 Å². The Morgan fingerprint density at radius 1 is 1.44 bits per heavy atom. The summed E-state index contributed by atoms with van der Waals surface area (Å²) in [4.78, 5) is 11.7. The van der Waals surface area contributed by atoms with E-state index in [0.29, 0.717) is 11.1 Å². The predicted octanol–water partition coefficient (Wildman–Crippen LogP) is 3.94. The molecule has 1 aromatic carbocycles. The normalized spacial score (nSPS) is 12.0. The molecule has 82 valence electrons.